The molecule has 0 fully saturated rings. The minimum absolute atomic E-state index is 0.922. The summed E-state index contributed by atoms with van der Waals surface area (Å²) >= 11 is 0. The van der Waals surface area contributed by atoms with Gasteiger partial charge in [-0.15, -0.1) is 0 Å². The van der Waals surface area contributed by atoms with E-state index >= 15 is 0 Å². The highest BCUT2D eigenvalue weighted by atomic mass is 14.6. The average Bonchev–Trinajstić information content (AvgIpc) is 2.03. The molecular weight excluding hydrogens is 122 g/mol. The van der Waals surface area contributed by atoms with Crippen LogP contribution in [-0.4, -0.2) is 4.98 Å². The largest absolute Gasteiger partial charge is 0.264 e. The molecule has 0 N–H and O–H groups in total. The Hall–Kier alpha value is -1.11. The smallest absolute Gasteiger partial charge is 0.0299 e. The van der Waals surface area contributed by atoms with Gasteiger partial charge in [-0.05, 0) is 24.5 Å². The molecule has 1 aromatic heterocycles. The number of nitrogens with zero attached hydrogens (tertiary/aromatic N) is 1. The summed E-state index contributed by atoms with van der Waals surface area (Å²) in [5.74, 6) is 0. The number of pyridine rings is 1. The first kappa shape index (κ1) is 7.00. The summed E-state index contributed by atoms with van der Waals surface area (Å²) in [6.07, 6.45) is 7.22. The molecule has 10 heavy (non-hydrogen) atoms. The Bertz CT molecular complexity index is 191. The van der Waals surface area contributed by atoms with Crippen molar-refractivity contribution in [1.29, 1.82) is 0 Å². The van der Waals surface area contributed by atoms with E-state index in [1.165, 1.54) is 5.56 Å². The van der Waals surface area contributed by atoms with Gasteiger partial charge in [-0.25, -0.2) is 0 Å². The number of aryl methyl sites for hydroxylation is 1. The van der Waals surface area contributed by atoms with E-state index in [4.69, 9.17) is 6.58 Å². The second kappa shape index (κ2) is 3.83. The van der Waals surface area contributed by atoms with Crippen LogP contribution in [0.3, 0.4) is 0 Å². The molecule has 0 aliphatic heterocycles. The van der Waals surface area contributed by atoms with Crippen LogP contribution in [0.4, 0.5) is 0 Å². The number of aromatic nitrogens is 1. The molecule has 0 amide bonds. The lowest BCUT2D eigenvalue weighted by molar-refractivity contribution is 0.988. The lowest BCUT2D eigenvalue weighted by Gasteiger charge is -1.93. The van der Waals surface area contributed by atoms with E-state index in [2.05, 4.69) is 11.1 Å². The first-order chi connectivity index (χ1) is 4.93. The summed E-state index contributed by atoms with van der Waals surface area (Å²) in [5.41, 5.74) is 1.24. The molecule has 1 radical (unpaired) electrons. The van der Waals surface area contributed by atoms with Crippen molar-refractivity contribution in [3.63, 3.8) is 0 Å². The fraction of sp³-hybridized carbons (Fsp3) is 0.222. The molecule has 51 valence electrons. The summed E-state index contributed by atoms with van der Waals surface area (Å²) in [6, 6.07) is 3.99. The quantitative estimate of drug-likeness (QED) is 0.613. The molecule has 1 heterocycles. The van der Waals surface area contributed by atoms with Crippen LogP contribution >= 0.6 is 0 Å². The Morgan fingerprint density at radius 2 is 2.50 bits per heavy atom. The van der Waals surface area contributed by atoms with Gasteiger partial charge in [0.25, 0.3) is 0 Å². The van der Waals surface area contributed by atoms with E-state index in [0.29, 0.717) is 0 Å². The van der Waals surface area contributed by atoms with Crippen molar-refractivity contribution in [3.05, 3.63) is 42.7 Å². The normalized spacial score (nSPS) is 9.20. The van der Waals surface area contributed by atoms with E-state index in [9.17, 15) is 0 Å². The van der Waals surface area contributed by atoms with Gasteiger partial charge in [0.05, 0.1) is 0 Å². The van der Waals surface area contributed by atoms with E-state index in [0.717, 1.165) is 12.8 Å². The zero-order chi connectivity index (χ0) is 7.23. The molecule has 0 saturated heterocycles. The lowest BCUT2D eigenvalue weighted by atomic mass is 10.2. The van der Waals surface area contributed by atoms with Gasteiger partial charge in [0, 0.05) is 12.4 Å². The Balaban J connectivity index is 2.50. The van der Waals surface area contributed by atoms with Crippen LogP contribution in [0, 0.1) is 6.58 Å². The summed E-state index contributed by atoms with van der Waals surface area (Å²) in [4.78, 5) is 3.98. The van der Waals surface area contributed by atoms with Crippen molar-refractivity contribution in [2.24, 2.45) is 0 Å². The van der Waals surface area contributed by atoms with Gasteiger partial charge < -0.3 is 0 Å². The molecule has 0 aromatic carbocycles. The SMILES string of the molecule is [CH]=CCCc1cccnc1. The molecule has 0 saturated carbocycles. The maximum absolute atomic E-state index is 5.23. The van der Waals surface area contributed by atoms with Crippen LogP contribution in [-0.2, 0) is 6.42 Å². The first-order valence-corrected chi connectivity index (χ1v) is 3.36. The number of rotatable bonds is 3. The van der Waals surface area contributed by atoms with Crippen molar-refractivity contribution < 1.29 is 0 Å². The predicted octanol–water partition coefficient (Wildman–Crippen LogP) is 2.00. The van der Waals surface area contributed by atoms with Crippen molar-refractivity contribution in [2.75, 3.05) is 0 Å². The number of hydrogen-bond donors (Lipinski definition) is 0. The van der Waals surface area contributed by atoms with Crippen LogP contribution in [0.5, 0.6) is 0 Å². The maximum Gasteiger partial charge on any atom is 0.0299 e. The molecule has 1 rings (SSSR count). The highest BCUT2D eigenvalue weighted by molar-refractivity contribution is 5.08. The van der Waals surface area contributed by atoms with Gasteiger partial charge in [-0.3, -0.25) is 4.98 Å². The fourth-order valence-corrected chi connectivity index (χ4v) is 0.796. The molecule has 1 nitrogen and oxygen atoms in total. The Morgan fingerprint density at radius 1 is 1.60 bits per heavy atom. The summed E-state index contributed by atoms with van der Waals surface area (Å²) < 4.78 is 0. The van der Waals surface area contributed by atoms with Gasteiger partial charge in [0.15, 0.2) is 0 Å². The minimum Gasteiger partial charge on any atom is -0.264 e. The average molecular weight is 132 g/mol. The third kappa shape index (κ3) is 2.02. The fourth-order valence-electron chi connectivity index (χ4n) is 0.796. The van der Waals surface area contributed by atoms with Crippen molar-refractivity contribution >= 4 is 0 Å². The second-order valence-electron chi connectivity index (χ2n) is 2.14. The minimum atomic E-state index is 0.922. The monoisotopic (exact) mass is 132 g/mol. The van der Waals surface area contributed by atoms with Gasteiger partial charge in [-0.2, -0.15) is 0 Å². The highest BCUT2D eigenvalue weighted by Crippen LogP contribution is 1.99. The van der Waals surface area contributed by atoms with Gasteiger partial charge in [-0.1, -0.05) is 18.7 Å². The number of allylic oxidation sites excluding steroid dienone is 1. The Labute approximate surface area is 61.4 Å². The zero-order valence-corrected chi connectivity index (χ0v) is 5.83. The summed E-state index contributed by atoms with van der Waals surface area (Å²) in [5, 5.41) is 0. The third-order valence-corrected chi connectivity index (χ3v) is 1.32. The van der Waals surface area contributed by atoms with Crippen molar-refractivity contribution in [2.45, 2.75) is 12.8 Å². The molecular formula is C9H10N. The van der Waals surface area contributed by atoms with E-state index < -0.39 is 0 Å². The highest BCUT2D eigenvalue weighted by Gasteiger charge is 1.86. The second-order valence-corrected chi connectivity index (χ2v) is 2.14. The first-order valence-electron chi connectivity index (χ1n) is 3.36. The third-order valence-electron chi connectivity index (χ3n) is 1.32. The molecule has 0 bridgehead atoms. The number of hydrogen-bond acceptors (Lipinski definition) is 1. The molecule has 0 aliphatic rings. The summed E-state index contributed by atoms with van der Waals surface area (Å²) in [6.45, 7) is 5.23. The van der Waals surface area contributed by atoms with E-state index in [1.54, 1.807) is 12.3 Å². The van der Waals surface area contributed by atoms with Crippen molar-refractivity contribution in [3.8, 4) is 0 Å². The van der Waals surface area contributed by atoms with Crippen LogP contribution in [0.25, 0.3) is 0 Å². The molecule has 0 aliphatic carbocycles. The van der Waals surface area contributed by atoms with E-state index in [-0.39, 0.29) is 0 Å². The molecule has 0 unspecified atom stereocenters. The van der Waals surface area contributed by atoms with Crippen LogP contribution in [0.2, 0.25) is 0 Å². The van der Waals surface area contributed by atoms with Gasteiger partial charge in [0.1, 0.15) is 0 Å². The van der Waals surface area contributed by atoms with Crippen LogP contribution in [0.1, 0.15) is 12.0 Å². The summed E-state index contributed by atoms with van der Waals surface area (Å²) in [7, 11) is 0. The molecule has 0 atom stereocenters. The topological polar surface area (TPSA) is 12.9 Å². The zero-order valence-electron chi connectivity index (χ0n) is 5.83. The van der Waals surface area contributed by atoms with Crippen LogP contribution < -0.4 is 0 Å². The van der Waals surface area contributed by atoms with Crippen LogP contribution in [0.15, 0.2) is 30.6 Å². The maximum atomic E-state index is 5.23. The molecule has 1 heteroatoms. The lowest BCUT2D eigenvalue weighted by Crippen LogP contribution is -1.82. The standard InChI is InChI=1S/C9H10N/c1-2-3-5-9-6-4-7-10-8-9/h1-2,4,6-8H,3,5H2. The predicted molar refractivity (Wildman–Crippen MR) is 41.4 cm³/mol. The van der Waals surface area contributed by atoms with E-state index in [1.807, 2.05) is 12.3 Å². The Morgan fingerprint density at radius 3 is 3.10 bits per heavy atom. The van der Waals surface area contributed by atoms with Gasteiger partial charge >= 0.3 is 0 Å². The Kier molecular flexibility index (Phi) is 2.68. The molecule has 1 aromatic rings. The van der Waals surface area contributed by atoms with Gasteiger partial charge in [0.2, 0.25) is 0 Å². The van der Waals surface area contributed by atoms with Crippen molar-refractivity contribution in [1.82, 2.24) is 4.98 Å². The molecule has 0 spiro atoms.